The SMILES string of the molecule is O=C(O)c1coc(N2CCC(C(F)(F)F)CC2)n1. The first-order valence-corrected chi connectivity index (χ1v) is 5.38. The van der Waals surface area contributed by atoms with E-state index in [4.69, 9.17) is 9.52 Å². The van der Waals surface area contributed by atoms with Gasteiger partial charge in [-0.25, -0.2) is 4.79 Å². The Balaban J connectivity index is 1.99. The second-order valence-corrected chi connectivity index (χ2v) is 4.12. The first-order chi connectivity index (χ1) is 8.38. The molecule has 0 saturated carbocycles. The molecule has 1 aromatic heterocycles. The van der Waals surface area contributed by atoms with E-state index in [1.165, 1.54) is 4.90 Å². The molecule has 8 heteroatoms. The average Bonchev–Trinajstić information content (AvgIpc) is 2.77. The Morgan fingerprint density at radius 1 is 1.44 bits per heavy atom. The predicted octanol–water partition coefficient (Wildman–Crippen LogP) is 2.15. The number of hydrogen-bond acceptors (Lipinski definition) is 4. The minimum Gasteiger partial charge on any atom is -0.476 e. The highest BCUT2D eigenvalue weighted by Crippen LogP contribution is 2.35. The van der Waals surface area contributed by atoms with Crippen molar-refractivity contribution in [1.82, 2.24) is 4.98 Å². The van der Waals surface area contributed by atoms with Gasteiger partial charge >= 0.3 is 12.1 Å². The molecule has 18 heavy (non-hydrogen) atoms. The van der Waals surface area contributed by atoms with Gasteiger partial charge in [-0.2, -0.15) is 18.2 Å². The zero-order valence-electron chi connectivity index (χ0n) is 9.28. The summed E-state index contributed by atoms with van der Waals surface area (Å²) in [6.07, 6.45) is -3.26. The van der Waals surface area contributed by atoms with Crippen LogP contribution in [-0.2, 0) is 0 Å². The number of halogens is 3. The predicted molar refractivity (Wildman–Crippen MR) is 54.5 cm³/mol. The number of carbonyl (C=O) groups is 1. The van der Waals surface area contributed by atoms with Crippen molar-refractivity contribution in [2.24, 2.45) is 5.92 Å². The third-order valence-corrected chi connectivity index (χ3v) is 2.94. The monoisotopic (exact) mass is 264 g/mol. The molecule has 2 heterocycles. The Bertz CT molecular complexity index is 436. The lowest BCUT2D eigenvalue weighted by molar-refractivity contribution is -0.179. The second kappa shape index (κ2) is 4.51. The summed E-state index contributed by atoms with van der Waals surface area (Å²) in [5.41, 5.74) is -0.247. The van der Waals surface area contributed by atoms with E-state index >= 15 is 0 Å². The maximum absolute atomic E-state index is 12.4. The van der Waals surface area contributed by atoms with Crippen LogP contribution in [-0.4, -0.2) is 35.3 Å². The van der Waals surface area contributed by atoms with Gasteiger partial charge in [0.05, 0.1) is 5.92 Å². The fourth-order valence-electron chi connectivity index (χ4n) is 1.91. The molecule has 0 aromatic carbocycles. The number of oxazole rings is 1. The standard InChI is InChI=1S/C10H11F3N2O3/c11-10(12,13)6-1-3-15(4-2-6)9-14-7(5-18-9)8(16)17/h5-6H,1-4H2,(H,16,17). The minimum absolute atomic E-state index is 0.0334. The van der Waals surface area contributed by atoms with Gasteiger partial charge in [0.15, 0.2) is 5.69 Å². The van der Waals surface area contributed by atoms with Crippen LogP contribution in [0.1, 0.15) is 23.3 Å². The maximum Gasteiger partial charge on any atom is 0.391 e. The first kappa shape index (κ1) is 12.7. The van der Waals surface area contributed by atoms with Crippen molar-refractivity contribution in [2.45, 2.75) is 19.0 Å². The van der Waals surface area contributed by atoms with Crippen LogP contribution in [0.2, 0.25) is 0 Å². The van der Waals surface area contributed by atoms with Gasteiger partial charge in [0.2, 0.25) is 0 Å². The van der Waals surface area contributed by atoms with Gasteiger partial charge in [-0.1, -0.05) is 0 Å². The van der Waals surface area contributed by atoms with Gasteiger partial charge in [-0.05, 0) is 12.8 Å². The van der Waals surface area contributed by atoms with E-state index in [0.717, 1.165) is 6.26 Å². The topological polar surface area (TPSA) is 66.6 Å². The fourth-order valence-corrected chi connectivity index (χ4v) is 1.91. The largest absolute Gasteiger partial charge is 0.476 e. The van der Waals surface area contributed by atoms with E-state index in [1.54, 1.807) is 0 Å². The van der Waals surface area contributed by atoms with Gasteiger partial charge in [-0.15, -0.1) is 0 Å². The summed E-state index contributed by atoms with van der Waals surface area (Å²) >= 11 is 0. The normalized spacial score (nSPS) is 18.1. The molecule has 1 saturated heterocycles. The zero-order valence-corrected chi connectivity index (χ0v) is 9.28. The number of hydrogen-bond donors (Lipinski definition) is 1. The summed E-state index contributed by atoms with van der Waals surface area (Å²) in [7, 11) is 0. The van der Waals surface area contributed by atoms with Gasteiger partial charge in [0.25, 0.3) is 6.01 Å². The molecule has 0 spiro atoms. The Hall–Kier alpha value is -1.73. The lowest BCUT2D eigenvalue weighted by Gasteiger charge is -2.31. The Morgan fingerprint density at radius 2 is 2.06 bits per heavy atom. The molecule has 0 unspecified atom stereocenters. The first-order valence-electron chi connectivity index (χ1n) is 5.38. The van der Waals surface area contributed by atoms with E-state index in [2.05, 4.69) is 4.98 Å². The van der Waals surface area contributed by atoms with E-state index < -0.39 is 18.1 Å². The van der Waals surface area contributed by atoms with Crippen molar-refractivity contribution in [3.63, 3.8) is 0 Å². The van der Waals surface area contributed by atoms with Gasteiger partial charge in [0.1, 0.15) is 6.26 Å². The van der Waals surface area contributed by atoms with Crippen molar-refractivity contribution in [3.05, 3.63) is 12.0 Å². The van der Waals surface area contributed by atoms with Crippen molar-refractivity contribution in [3.8, 4) is 0 Å². The quantitative estimate of drug-likeness (QED) is 0.886. The number of nitrogens with zero attached hydrogens (tertiary/aromatic N) is 2. The van der Waals surface area contributed by atoms with E-state index in [-0.39, 0.29) is 37.6 Å². The molecule has 0 bridgehead atoms. The molecule has 1 aliphatic heterocycles. The summed E-state index contributed by atoms with van der Waals surface area (Å²) in [6.45, 7) is 0.313. The fraction of sp³-hybridized carbons (Fsp3) is 0.600. The number of alkyl halides is 3. The molecule has 1 fully saturated rings. The number of anilines is 1. The van der Waals surface area contributed by atoms with Crippen LogP contribution >= 0.6 is 0 Å². The second-order valence-electron chi connectivity index (χ2n) is 4.12. The summed E-state index contributed by atoms with van der Waals surface area (Å²) in [5, 5.41) is 8.66. The molecular weight excluding hydrogens is 253 g/mol. The molecule has 1 aromatic rings. The van der Waals surface area contributed by atoms with Crippen LogP contribution in [0.3, 0.4) is 0 Å². The number of aromatic carboxylic acids is 1. The van der Waals surface area contributed by atoms with Crippen LogP contribution in [0.15, 0.2) is 10.7 Å². The number of carboxylic acids is 1. The lowest BCUT2D eigenvalue weighted by Crippen LogP contribution is -2.39. The molecule has 1 N–H and O–H groups in total. The van der Waals surface area contributed by atoms with Crippen LogP contribution in [0.5, 0.6) is 0 Å². The average molecular weight is 264 g/mol. The molecule has 0 amide bonds. The molecule has 0 radical (unpaired) electrons. The maximum atomic E-state index is 12.4. The summed E-state index contributed by atoms with van der Waals surface area (Å²) in [6, 6.07) is 0.0630. The van der Waals surface area contributed by atoms with Crippen molar-refractivity contribution < 1.29 is 27.5 Å². The zero-order chi connectivity index (χ0) is 13.3. The molecular formula is C10H11F3N2O3. The number of aromatic nitrogens is 1. The third-order valence-electron chi connectivity index (χ3n) is 2.94. The highest BCUT2D eigenvalue weighted by Gasteiger charge is 2.41. The highest BCUT2D eigenvalue weighted by molar-refractivity contribution is 5.85. The molecule has 2 rings (SSSR count). The Labute approximate surface area is 100 Å². The summed E-state index contributed by atoms with van der Waals surface area (Å²) in [4.78, 5) is 15.8. The van der Waals surface area contributed by atoms with Gasteiger partial charge in [0, 0.05) is 13.1 Å². The smallest absolute Gasteiger partial charge is 0.391 e. The van der Waals surface area contributed by atoms with Crippen molar-refractivity contribution in [1.29, 1.82) is 0 Å². The van der Waals surface area contributed by atoms with Crippen LogP contribution < -0.4 is 4.90 Å². The molecule has 100 valence electrons. The molecule has 0 aliphatic carbocycles. The minimum atomic E-state index is -4.17. The highest BCUT2D eigenvalue weighted by atomic mass is 19.4. The molecule has 0 atom stereocenters. The Morgan fingerprint density at radius 3 is 2.50 bits per heavy atom. The third kappa shape index (κ3) is 2.57. The Kier molecular flexibility index (Phi) is 3.18. The molecule has 1 aliphatic rings. The lowest BCUT2D eigenvalue weighted by atomic mass is 9.97. The van der Waals surface area contributed by atoms with Crippen molar-refractivity contribution in [2.75, 3.05) is 18.0 Å². The van der Waals surface area contributed by atoms with Crippen molar-refractivity contribution >= 4 is 12.0 Å². The summed E-state index contributed by atoms with van der Waals surface area (Å²) in [5.74, 6) is -2.53. The van der Waals surface area contributed by atoms with E-state index in [1.807, 2.05) is 0 Å². The number of rotatable bonds is 2. The van der Waals surface area contributed by atoms with Gasteiger partial charge < -0.3 is 14.4 Å². The summed E-state index contributed by atoms with van der Waals surface area (Å²) < 4.78 is 42.3. The van der Waals surface area contributed by atoms with Crippen LogP contribution in [0, 0.1) is 5.92 Å². The van der Waals surface area contributed by atoms with Gasteiger partial charge in [-0.3, -0.25) is 0 Å². The van der Waals surface area contributed by atoms with E-state index in [9.17, 15) is 18.0 Å². The van der Waals surface area contributed by atoms with E-state index in [0.29, 0.717) is 0 Å². The number of carboxylic acid groups (broad SMARTS) is 1. The van der Waals surface area contributed by atoms with Crippen LogP contribution in [0.25, 0.3) is 0 Å². The molecule has 5 nitrogen and oxygen atoms in total. The number of piperidine rings is 1. The van der Waals surface area contributed by atoms with Crippen LogP contribution in [0.4, 0.5) is 19.2 Å².